The first-order valence-electron chi connectivity index (χ1n) is 13.2. The highest BCUT2D eigenvalue weighted by Crippen LogP contribution is 2.19. The molecule has 2 atom stereocenters. The summed E-state index contributed by atoms with van der Waals surface area (Å²) >= 11 is 0. The Morgan fingerprint density at radius 2 is 1.74 bits per heavy atom. The van der Waals surface area contributed by atoms with Gasteiger partial charge in [-0.25, -0.2) is 4.79 Å². The number of hydrogen-bond donors (Lipinski definition) is 2. The average molecular weight is 534 g/mol. The van der Waals surface area contributed by atoms with Crippen molar-refractivity contribution in [1.29, 1.82) is 0 Å². The molecule has 0 bridgehead atoms. The van der Waals surface area contributed by atoms with E-state index in [9.17, 15) is 24.3 Å². The molecule has 1 aromatic rings. The summed E-state index contributed by atoms with van der Waals surface area (Å²) in [5.41, 5.74) is 0.153. The van der Waals surface area contributed by atoms with Gasteiger partial charge in [0, 0.05) is 13.1 Å². The number of nitrogens with one attached hydrogen (secondary N) is 1. The number of aryl methyl sites for hydroxylation is 1. The lowest BCUT2D eigenvalue weighted by atomic mass is 9.97. The molecular weight excluding hydrogens is 490 g/mol. The molecule has 2 rings (SSSR count). The Balaban J connectivity index is 2.30. The lowest BCUT2D eigenvalue weighted by molar-refractivity contribution is -0.169. The molecule has 1 fully saturated rings. The number of aliphatic carboxylic acids is 1. The van der Waals surface area contributed by atoms with Crippen LogP contribution in [-0.4, -0.2) is 90.3 Å². The second-order valence-electron chi connectivity index (χ2n) is 11.1. The zero-order valence-electron chi connectivity index (χ0n) is 23.3. The minimum absolute atomic E-state index is 0.0385. The number of carboxylic acids is 1. The number of nitrogens with zero attached hydrogens (tertiary/aromatic N) is 2. The first-order valence-corrected chi connectivity index (χ1v) is 13.2. The Morgan fingerprint density at radius 3 is 2.29 bits per heavy atom. The number of carbonyl (C=O) groups excluding carboxylic acids is 3. The van der Waals surface area contributed by atoms with E-state index >= 15 is 0 Å². The third-order valence-electron chi connectivity index (χ3n) is 6.25. The Hall–Kier alpha value is -2.98. The van der Waals surface area contributed by atoms with Crippen molar-refractivity contribution < 1.29 is 33.8 Å². The molecule has 1 unspecified atom stereocenters. The Labute approximate surface area is 225 Å². The topological polar surface area (TPSA) is 125 Å². The number of benzene rings is 1. The number of rotatable bonds is 13. The highest BCUT2D eigenvalue weighted by molar-refractivity contribution is 5.91. The molecule has 2 amide bonds. The van der Waals surface area contributed by atoms with E-state index in [1.165, 1.54) is 0 Å². The number of ether oxygens (including phenoxy) is 2. The molecule has 0 radical (unpaired) electrons. The van der Waals surface area contributed by atoms with Gasteiger partial charge >= 0.3 is 11.9 Å². The predicted molar refractivity (Wildman–Crippen MR) is 142 cm³/mol. The minimum Gasteiger partial charge on any atom is -0.480 e. The molecule has 1 aliphatic heterocycles. The fourth-order valence-electron chi connectivity index (χ4n) is 4.08. The van der Waals surface area contributed by atoms with Gasteiger partial charge in [0.15, 0.2) is 6.73 Å². The van der Waals surface area contributed by atoms with E-state index in [1.54, 1.807) is 20.8 Å². The van der Waals surface area contributed by atoms with Crippen LogP contribution in [0.1, 0.15) is 53.0 Å². The summed E-state index contributed by atoms with van der Waals surface area (Å²) in [7, 11) is 0. The van der Waals surface area contributed by atoms with E-state index in [4.69, 9.17) is 9.47 Å². The third kappa shape index (κ3) is 10.4. The second-order valence-corrected chi connectivity index (χ2v) is 11.1. The summed E-state index contributed by atoms with van der Waals surface area (Å²) in [5.74, 6) is -2.71. The van der Waals surface area contributed by atoms with Crippen LogP contribution in [0.25, 0.3) is 0 Å². The van der Waals surface area contributed by atoms with Crippen molar-refractivity contribution >= 4 is 23.8 Å². The van der Waals surface area contributed by atoms with E-state index in [0.717, 1.165) is 10.5 Å². The number of carbonyl (C=O) groups is 4. The minimum atomic E-state index is -1.22. The first kappa shape index (κ1) is 31.2. The van der Waals surface area contributed by atoms with Crippen molar-refractivity contribution in [3.63, 3.8) is 0 Å². The standard InChI is InChI=1S/C28H43N3O7/c1-20(2)17-23(26(34)35)31(19-38-27(36)28(3,4)5)25(33)22(12-11-21-9-7-6-8-10-21)29-24(32)18-30-13-15-37-16-14-30/h6-10,20,22-23H,11-19H2,1-5H3,(H,29,32)(H,34,35)/t22-,23?/m0/s1. The maximum absolute atomic E-state index is 13.9. The number of carboxylic acid groups (broad SMARTS) is 1. The molecule has 10 nitrogen and oxygen atoms in total. The van der Waals surface area contributed by atoms with Crippen LogP contribution in [0.5, 0.6) is 0 Å². The maximum Gasteiger partial charge on any atom is 0.326 e. The lowest BCUT2D eigenvalue weighted by Gasteiger charge is -2.34. The first-order chi connectivity index (χ1) is 17.9. The predicted octanol–water partition coefficient (Wildman–Crippen LogP) is 2.31. The molecular formula is C28H43N3O7. The van der Waals surface area contributed by atoms with Crippen LogP contribution >= 0.6 is 0 Å². The summed E-state index contributed by atoms with van der Waals surface area (Å²) < 4.78 is 10.7. The van der Waals surface area contributed by atoms with Gasteiger partial charge in [-0.2, -0.15) is 0 Å². The Kier molecular flexibility index (Phi) is 12.2. The number of amides is 2. The van der Waals surface area contributed by atoms with Gasteiger partial charge in [0.25, 0.3) is 0 Å². The van der Waals surface area contributed by atoms with Gasteiger partial charge in [-0.3, -0.25) is 24.2 Å². The van der Waals surface area contributed by atoms with Crippen LogP contribution in [0.15, 0.2) is 30.3 Å². The van der Waals surface area contributed by atoms with Crippen molar-refractivity contribution in [2.75, 3.05) is 39.6 Å². The summed E-state index contributed by atoms with van der Waals surface area (Å²) in [6, 6.07) is 7.33. The SMILES string of the molecule is CC(C)CC(C(=O)O)N(COC(=O)C(C)(C)C)C(=O)[C@H](CCc1ccccc1)NC(=O)CN1CCOCC1. The number of esters is 1. The van der Waals surface area contributed by atoms with Crippen LogP contribution in [0.4, 0.5) is 0 Å². The van der Waals surface area contributed by atoms with Gasteiger partial charge in [0.05, 0.1) is 25.2 Å². The summed E-state index contributed by atoms with van der Waals surface area (Å²) in [6.45, 7) is 10.6. The fourth-order valence-corrected chi connectivity index (χ4v) is 4.08. The molecule has 0 spiro atoms. The largest absolute Gasteiger partial charge is 0.480 e. The zero-order valence-corrected chi connectivity index (χ0v) is 23.3. The van der Waals surface area contributed by atoms with E-state index < -0.39 is 42.1 Å². The van der Waals surface area contributed by atoms with Crippen LogP contribution in [0.3, 0.4) is 0 Å². The molecule has 38 heavy (non-hydrogen) atoms. The lowest BCUT2D eigenvalue weighted by Crippen LogP contribution is -2.56. The summed E-state index contributed by atoms with van der Waals surface area (Å²) in [4.78, 5) is 54.7. The molecule has 10 heteroatoms. The molecule has 2 N–H and O–H groups in total. The molecule has 0 saturated carbocycles. The van der Waals surface area contributed by atoms with Crippen LogP contribution in [-0.2, 0) is 35.1 Å². The number of morpholine rings is 1. The highest BCUT2D eigenvalue weighted by atomic mass is 16.5. The number of hydrogen-bond acceptors (Lipinski definition) is 7. The van der Waals surface area contributed by atoms with Crippen LogP contribution in [0, 0.1) is 11.3 Å². The average Bonchev–Trinajstić information content (AvgIpc) is 2.85. The molecule has 0 aromatic heterocycles. The van der Waals surface area contributed by atoms with Gasteiger partial charge in [0.2, 0.25) is 11.8 Å². The molecule has 1 saturated heterocycles. The highest BCUT2D eigenvalue weighted by Gasteiger charge is 2.36. The van der Waals surface area contributed by atoms with Crippen molar-refractivity contribution in [1.82, 2.24) is 15.1 Å². The van der Waals surface area contributed by atoms with E-state index in [0.29, 0.717) is 32.7 Å². The van der Waals surface area contributed by atoms with Crippen molar-refractivity contribution in [2.45, 2.75) is 66.0 Å². The maximum atomic E-state index is 13.9. The molecule has 1 aromatic carbocycles. The Bertz CT molecular complexity index is 924. The van der Waals surface area contributed by atoms with Crippen LogP contribution < -0.4 is 5.32 Å². The fraction of sp³-hybridized carbons (Fsp3) is 0.643. The smallest absolute Gasteiger partial charge is 0.326 e. The Morgan fingerprint density at radius 1 is 1.11 bits per heavy atom. The third-order valence-corrected chi connectivity index (χ3v) is 6.25. The van der Waals surface area contributed by atoms with E-state index in [2.05, 4.69) is 5.32 Å². The van der Waals surface area contributed by atoms with E-state index in [1.807, 2.05) is 49.1 Å². The summed E-state index contributed by atoms with van der Waals surface area (Å²) in [5, 5.41) is 12.8. The monoisotopic (exact) mass is 533 g/mol. The van der Waals surface area contributed by atoms with Gasteiger partial charge < -0.3 is 19.9 Å². The van der Waals surface area contributed by atoms with Crippen LogP contribution in [0.2, 0.25) is 0 Å². The normalized spacial score (nSPS) is 15.9. The zero-order chi connectivity index (χ0) is 28.3. The summed E-state index contributed by atoms with van der Waals surface area (Å²) in [6.07, 6.45) is 0.920. The van der Waals surface area contributed by atoms with Crippen molar-refractivity contribution in [2.24, 2.45) is 11.3 Å². The second kappa shape index (κ2) is 14.8. The van der Waals surface area contributed by atoms with Crippen molar-refractivity contribution in [3.8, 4) is 0 Å². The van der Waals surface area contributed by atoms with Gasteiger partial charge in [-0.1, -0.05) is 44.2 Å². The van der Waals surface area contributed by atoms with Gasteiger partial charge in [-0.15, -0.1) is 0 Å². The van der Waals surface area contributed by atoms with Gasteiger partial charge in [-0.05, 0) is 51.5 Å². The quantitative estimate of drug-likeness (QED) is 0.292. The van der Waals surface area contributed by atoms with E-state index in [-0.39, 0.29) is 31.2 Å². The molecule has 212 valence electrons. The van der Waals surface area contributed by atoms with Gasteiger partial charge in [0.1, 0.15) is 12.1 Å². The molecule has 1 aliphatic rings. The molecule has 0 aliphatic carbocycles. The molecule has 1 heterocycles. The van der Waals surface area contributed by atoms with Crippen molar-refractivity contribution in [3.05, 3.63) is 35.9 Å².